The number of hydrogen-bond acceptors (Lipinski definition) is 1. The van der Waals surface area contributed by atoms with E-state index in [-0.39, 0.29) is 16.5 Å². The van der Waals surface area contributed by atoms with Gasteiger partial charge in [0.2, 0.25) is 0 Å². The van der Waals surface area contributed by atoms with Gasteiger partial charge < -0.3 is 4.98 Å². The van der Waals surface area contributed by atoms with E-state index in [9.17, 15) is 13.6 Å². The smallest absolute Gasteiger partial charge is 0.198 e. The summed E-state index contributed by atoms with van der Waals surface area (Å²) in [5, 5.41) is 0.193. The quantitative estimate of drug-likeness (QED) is 0.702. The Kier molecular flexibility index (Phi) is 2.86. The Bertz CT molecular complexity index is 820. The maximum atomic E-state index is 13.9. The van der Waals surface area contributed by atoms with Gasteiger partial charge in [0, 0.05) is 17.1 Å². The zero-order valence-electron chi connectivity index (χ0n) is 10.7. The van der Waals surface area contributed by atoms with E-state index in [1.165, 1.54) is 24.4 Å². The zero-order chi connectivity index (χ0) is 14.3. The highest BCUT2D eigenvalue weighted by molar-refractivity contribution is 6.16. The lowest BCUT2D eigenvalue weighted by Gasteiger charge is -2.03. The van der Waals surface area contributed by atoms with Gasteiger partial charge in [-0.15, -0.1) is 0 Å². The van der Waals surface area contributed by atoms with E-state index < -0.39 is 17.4 Å². The zero-order valence-corrected chi connectivity index (χ0v) is 10.7. The van der Waals surface area contributed by atoms with Crippen molar-refractivity contribution < 1.29 is 13.6 Å². The fraction of sp³-hybridized carbons (Fsp3) is 0.0625. The highest BCUT2D eigenvalue weighted by atomic mass is 19.1. The Morgan fingerprint density at radius 2 is 1.85 bits per heavy atom. The number of aromatic nitrogens is 1. The Morgan fingerprint density at radius 3 is 2.65 bits per heavy atom. The molecule has 3 aromatic rings. The maximum absolute atomic E-state index is 13.9. The predicted molar refractivity (Wildman–Crippen MR) is 72.8 cm³/mol. The van der Waals surface area contributed by atoms with E-state index in [0.717, 1.165) is 5.56 Å². The summed E-state index contributed by atoms with van der Waals surface area (Å²) in [7, 11) is 0. The number of nitrogens with one attached hydrogen (secondary N) is 1. The Balaban J connectivity index is 2.21. The van der Waals surface area contributed by atoms with Crippen LogP contribution in [0.25, 0.3) is 10.9 Å². The molecular formula is C16H11F2NO. The number of carbonyl (C=O) groups excluding carboxylic acids is 1. The summed E-state index contributed by atoms with van der Waals surface area (Å²) >= 11 is 0. The first-order valence-corrected chi connectivity index (χ1v) is 6.14. The van der Waals surface area contributed by atoms with Crippen LogP contribution >= 0.6 is 0 Å². The third kappa shape index (κ3) is 1.90. The minimum Gasteiger partial charge on any atom is -0.360 e. The van der Waals surface area contributed by atoms with Crippen molar-refractivity contribution in [2.75, 3.05) is 0 Å². The first kappa shape index (κ1) is 12.5. The largest absolute Gasteiger partial charge is 0.360 e. The summed E-state index contributed by atoms with van der Waals surface area (Å²) < 4.78 is 27.7. The molecule has 0 radical (unpaired) electrons. The average molecular weight is 271 g/mol. The van der Waals surface area contributed by atoms with E-state index >= 15 is 0 Å². The molecule has 100 valence electrons. The molecule has 2 nitrogen and oxygen atoms in total. The highest BCUT2D eigenvalue weighted by Crippen LogP contribution is 2.25. The molecule has 0 saturated heterocycles. The van der Waals surface area contributed by atoms with Crippen LogP contribution < -0.4 is 0 Å². The van der Waals surface area contributed by atoms with Gasteiger partial charge in [-0.3, -0.25) is 4.79 Å². The van der Waals surface area contributed by atoms with Crippen LogP contribution in [0.5, 0.6) is 0 Å². The number of H-pyrrole nitrogens is 1. The van der Waals surface area contributed by atoms with Gasteiger partial charge in [-0.05, 0) is 31.2 Å². The number of aryl methyl sites for hydroxylation is 1. The van der Waals surface area contributed by atoms with Gasteiger partial charge in [0.1, 0.15) is 11.6 Å². The van der Waals surface area contributed by atoms with Gasteiger partial charge in [-0.1, -0.05) is 17.7 Å². The van der Waals surface area contributed by atoms with E-state index in [4.69, 9.17) is 0 Å². The molecule has 0 fully saturated rings. The molecule has 0 amide bonds. The SMILES string of the molecule is Cc1ccc(F)c(C(=O)c2c[nH]c3cccc(F)c23)c1. The first-order chi connectivity index (χ1) is 9.58. The van der Waals surface area contributed by atoms with Crippen LogP contribution in [0.2, 0.25) is 0 Å². The van der Waals surface area contributed by atoms with E-state index in [1.807, 2.05) is 0 Å². The van der Waals surface area contributed by atoms with Crippen LogP contribution in [0, 0.1) is 18.6 Å². The number of halogens is 2. The summed E-state index contributed by atoms with van der Waals surface area (Å²) in [5.74, 6) is -1.63. The number of ketones is 1. The molecule has 4 heteroatoms. The van der Waals surface area contributed by atoms with Crippen molar-refractivity contribution in [3.05, 3.63) is 70.9 Å². The van der Waals surface area contributed by atoms with Crippen molar-refractivity contribution >= 4 is 16.7 Å². The van der Waals surface area contributed by atoms with Crippen molar-refractivity contribution in [1.82, 2.24) is 4.98 Å². The average Bonchev–Trinajstić information content (AvgIpc) is 2.86. The normalized spacial score (nSPS) is 10.9. The summed E-state index contributed by atoms with van der Waals surface area (Å²) in [5.41, 5.74) is 1.38. The summed E-state index contributed by atoms with van der Waals surface area (Å²) in [6.07, 6.45) is 1.41. The lowest BCUT2D eigenvalue weighted by molar-refractivity contribution is 0.103. The van der Waals surface area contributed by atoms with Crippen LogP contribution in [0.15, 0.2) is 42.6 Å². The Hall–Kier alpha value is -2.49. The molecular weight excluding hydrogens is 260 g/mol. The van der Waals surface area contributed by atoms with Crippen LogP contribution in [0.4, 0.5) is 8.78 Å². The first-order valence-electron chi connectivity index (χ1n) is 6.14. The fourth-order valence-electron chi connectivity index (χ4n) is 2.28. The predicted octanol–water partition coefficient (Wildman–Crippen LogP) is 3.99. The minimum atomic E-state index is -0.605. The van der Waals surface area contributed by atoms with Crippen LogP contribution in [-0.4, -0.2) is 10.8 Å². The van der Waals surface area contributed by atoms with Crippen molar-refractivity contribution in [2.24, 2.45) is 0 Å². The molecule has 0 saturated carbocycles. The van der Waals surface area contributed by atoms with Gasteiger partial charge in [-0.25, -0.2) is 8.78 Å². The number of carbonyl (C=O) groups is 1. The topological polar surface area (TPSA) is 32.9 Å². The van der Waals surface area contributed by atoms with Crippen molar-refractivity contribution in [2.45, 2.75) is 6.92 Å². The number of aromatic amines is 1. The molecule has 0 unspecified atom stereocenters. The Labute approximate surface area is 114 Å². The van der Waals surface area contributed by atoms with Crippen LogP contribution in [0.3, 0.4) is 0 Å². The molecule has 0 spiro atoms. The summed E-state index contributed by atoms with van der Waals surface area (Å²) in [6, 6.07) is 8.80. The molecule has 0 aliphatic heterocycles. The third-order valence-electron chi connectivity index (χ3n) is 3.27. The lowest BCUT2D eigenvalue weighted by atomic mass is 10.0. The molecule has 3 rings (SSSR count). The molecule has 1 heterocycles. The van der Waals surface area contributed by atoms with Crippen LogP contribution in [-0.2, 0) is 0 Å². The van der Waals surface area contributed by atoms with E-state index in [2.05, 4.69) is 4.98 Å². The number of hydrogen-bond donors (Lipinski definition) is 1. The number of benzene rings is 2. The molecule has 0 atom stereocenters. The second-order valence-electron chi connectivity index (χ2n) is 4.68. The molecule has 0 aliphatic rings. The number of rotatable bonds is 2. The van der Waals surface area contributed by atoms with Gasteiger partial charge >= 0.3 is 0 Å². The highest BCUT2D eigenvalue weighted by Gasteiger charge is 2.19. The van der Waals surface area contributed by atoms with Crippen LogP contribution in [0.1, 0.15) is 21.5 Å². The van der Waals surface area contributed by atoms with Gasteiger partial charge in [-0.2, -0.15) is 0 Å². The summed E-state index contributed by atoms with van der Waals surface area (Å²) in [4.78, 5) is 15.3. The second-order valence-corrected chi connectivity index (χ2v) is 4.68. The number of fused-ring (bicyclic) bond motifs is 1. The third-order valence-corrected chi connectivity index (χ3v) is 3.27. The lowest BCUT2D eigenvalue weighted by Crippen LogP contribution is -2.04. The maximum Gasteiger partial charge on any atom is 0.198 e. The van der Waals surface area contributed by atoms with E-state index in [1.54, 1.807) is 25.1 Å². The second kappa shape index (κ2) is 4.56. The minimum absolute atomic E-state index is 0.0471. The van der Waals surface area contributed by atoms with Crippen molar-refractivity contribution in [3.63, 3.8) is 0 Å². The Morgan fingerprint density at radius 1 is 1.05 bits per heavy atom. The molecule has 0 bridgehead atoms. The monoisotopic (exact) mass is 271 g/mol. The standard InChI is InChI=1S/C16H11F2NO/c1-9-5-6-12(17)10(7-9)16(20)11-8-19-14-4-2-3-13(18)15(11)14/h2-8,19H,1H3. The molecule has 20 heavy (non-hydrogen) atoms. The van der Waals surface area contributed by atoms with E-state index in [0.29, 0.717) is 5.52 Å². The van der Waals surface area contributed by atoms with Crippen molar-refractivity contribution in [3.8, 4) is 0 Å². The molecule has 1 aromatic heterocycles. The van der Waals surface area contributed by atoms with Gasteiger partial charge in [0.25, 0.3) is 0 Å². The molecule has 0 aliphatic carbocycles. The van der Waals surface area contributed by atoms with Crippen molar-refractivity contribution in [1.29, 1.82) is 0 Å². The summed E-state index contributed by atoms with van der Waals surface area (Å²) in [6.45, 7) is 1.77. The molecule has 1 N–H and O–H groups in total. The molecule has 2 aromatic carbocycles. The fourth-order valence-corrected chi connectivity index (χ4v) is 2.28. The van der Waals surface area contributed by atoms with Gasteiger partial charge in [0.05, 0.1) is 11.1 Å². The van der Waals surface area contributed by atoms with Gasteiger partial charge in [0.15, 0.2) is 5.78 Å².